The second kappa shape index (κ2) is 27.7. The molecule has 0 unspecified atom stereocenters. The highest BCUT2D eigenvalue weighted by molar-refractivity contribution is 8.77. The van der Waals surface area contributed by atoms with Crippen LogP contribution >= 0.6 is 21.6 Å². The zero-order valence-electron chi connectivity index (χ0n) is 42.2. The molecule has 0 spiro atoms. The monoisotopic (exact) mass is 1080 g/mol. The van der Waals surface area contributed by atoms with Crippen LogP contribution in [-0.2, 0) is 57.6 Å². The van der Waals surface area contributed by atoms with Crippen LogP contribution in [0.2, 0.25) is 0 Å². The van der Waals surface area contributed by atoms with Crippen molar-refractivity contribution in [3.8, 4) is 5.75 Å². The third-order valence-corrected chi connectivity index (χ3v) is 15.8. The van der Waals surface area contributed by atoms with E-state index in [0.29, 0.717) is 24.0 Å². The Labute approximate surface area is 442 Å². The Balaban J connectivity index is 1.63. The molecular formula is C51H69N11O11S2. The van der Waals surface area contributed by atoms with Gasteiger partial charge in [-0.25, -0.2) is 0 Å². The van der Waals surface area contributed by atoms with Crippen LogP contribution in [0, 0.1) is 0 Å². The number of aliphatic hydroxyl groups excluding tert-OH is 2. The van der Waals surface area contributed by atoms with E-state index in [-0.39, 0.29) is 43.7 Å². The largest absolute Gasteiger partial charge is 0.508 e. The summed E-state index contributed by atoms with van der Waals surface area (Å²) in [6, 6.07) is 10.2. The van der Waals surface area contributed by atoms with Crippen molar-refractivity contribution in [3.63, 3.8) is 0 Å². The summed E-state index contributed by atoms with van der Waals surface area (Å²) in [7, 11) is 1.95. The van der Waals surface area contributed by atoms with E-state index in [1.807, 2.05) is 18.2 Å². The number of nitrogens with one attached hydrogen (secondary N) is 8. The van der Waals surface area contributed by atoms with Crippen molar-refractivity contribution in [1.29, 1.82) is 0 Å². The van der Waals surface area contributed by atoms with Crippen molar-refractivity contribution in [3.05, 3.63) is 102 Å². The average molecular weight is 1080 g/mol. The minimum absolute atomic E-state index is 0.0158. The summed E-state index contributed by atoms with van der Waals surface area (Å²) in [5.41, 5.74) is 20.3. The van der Waals surface area contributed by atoms with Crippen molar-refractivity contribution in [2.45, 2.75) is 132 Å². The maximum Gasteiger partial charge on any atom is 0.245 e. The summed E-state index contributed by atoms with van der Waals surface area (Å²) in [6.07, 6.45) is -0.902. The predicted molar refractivity (Wildman–Crippen MR) is 285 cm³/mol. The number of nitrogens with two attached hydrogens (primary N) is 3. The maximum atomic E-state index is 14.8. The highest BCUT2D eigenvalue weighted by Crippen LogP contribution is 2.39. The topological polar surface area (TPSA) is 375 Å². The van der Waals surface area contributed by atoms with Crippen LogP contribution in [0.25, 0.3) is 10.9 Å². The molecule has 17 N–H and O–H groups in total. The molecule has 24 heteroatoms. The van der Waals surface area contributed by atoms with Crippen LogP contribution in [-0.4, -0.2) is 145 Å². The molecule has 10 atom stereocenters. The Kier molecular flexibility index (Phi) is 21.9. The summed E-state index contributed by atoms with van der Waals surface area (Å²) in [6.45, 7) is 5.75. The fourth-order valence-corrected chi connectivity index (χ4v) is 11.0. The molecule has 8 amide bonds. The number of para-hydroxylation sites is 1. The van der Waals surface area contributed by atoms with E-state index >= 15 is 0 Å². The first kappa shape index (κ1) is 59.2. The van der Waals surface area contributed by atoms with Crippen LogP contribution in [0.3, 0.4) is 0 Å². The Bertz CT molecular complexity index is 2620. The molecule has 2 heterocycles. The smallest absolute Gasteiger partial charge is 0.245 e. The van der Waals surface area contributed by atoms with Gasteiger partial charge < -0.3 is 74.7 Å². The number of phenolic OH excluding ortho intramolecular Hbond substituents is 1. The maximum absolute atomic E-state index is 14.8. The zero-order valence-corrected chi connectivity index (χ0v) is 43.8. The third kappa shape index (κ3) is 17.2. The first-order valence-corrected chi connectivity index (χ1v) is 26.8. The van der Waals surface area contributed by atoms with Crippen LogP contribution in [0.4, 0.5) is 0 Å². The number of aromatic nitrogens is 1. The predicted octanol–water partition coefficient (Wildman–Crippen LogP) is -0.828. The zero-order chi connectivity index (χ0) is 55.0. The molecule has 0 saturated carbocycles. The normalized spacial score (nSPS) is 22.9. The quantitative estimate of drug-likeness (QED) is 0.0454. The first-order chi connectivity index (χ1) is 35.6. The molecule has 4 aromatic rings. The van der Waals surface area contributed by atoms with Gasteiger partial charge in [-0.15, -0.1) is 0 Å². The van der Waals surface area contributed by atoms with Gasteiger partial charge in [-0.1, -0.05) is 82.3 Å². The van der Waals surface area contributed by atoms with E-state index < -0.39 is 113 Å². The lowest BCUT2D eigenvalue weighted by molar-refractivity contribution is -0.137. The van der Waals surface area contributed by atoms with Crippen molar-refractivity contribution in [2.75, 3.05) is 12.3 Å². The lowest BCUT2D eigenvalue weighted by Gasteiger charge is -2.36. The Morgan fingerprint density at radius 1 is 0.760 bits per heavy atom. The lowest BCUT2D eigenvalue weighted by atomic mass is 9.99. The fourth-order valence-electron chi connectivity index (χ4n) is 8.22. The van der Waals surface area contributed by atoms with Gasteiger partial charge in [0.1, 0.15) is 48.0 Å². The molecule has 5 rings (SSSR count). The highest BCUT2D eigenvalue weighted by Gasteiger charge is 2.43. The summed E-state index contributed by atoms with van der Waals surface area (Å²) in [5.74, 6) is -7.63. The summed E-state index contributed by atoms with van der Waals surface area (Å²) in [5, 5.41) is 50.7. The van der Waals surface area contributed by atoms with Crippen molar-refractivity contribution in [1.82, 2.24) is 42.2 Å². The van der Waals surface area contributed by atoms with E-state index in [1.165, 1.54) is 39.8 Å². The Morgan fingerprint density at radius 2 is 1.37 bits per heavy atom. The molecule has 1 saturated heterocycles. The molecule has 0 bridgehead atoms. The second-order valence-electron chi connectivity index (χ2n) is 19.0. The van der Waals surface area contributed by atoms with Gasteiger partial charge in [0.2, 0.25) is 47.3 Å². The van der Waals surface area contributed by atoms with Gasteiger partial charge in [0.15, 0.2) is 0 Å². The van der Waals surface area contributed by atoms with E-state index in [9.17, 15) is 53.7 Å². The van der Waals surface area contributed by atoms with Gasteiger partial charge in [0.05, 0.1) is 18.2 Å². The van der Waals surface area contributed by atoms with Crippen molar-refractivity contribution >= 4 is 79.7 Å². The standard InChI is InChI=1S/C51H69N11O11S2/c1-27(63)40(43(54)66)60-50(73)42-51(3,4)75-74-26-39(59-44(67)34(53)22-29-12-6-5-7-13-29)48(71)57-37(23-30-17-19-32(65)20-18-30)46(69)58-38(24-31-25-55-35-15-9-8-14-33(31)35)47(70)56-36(16-10-11-21-52)45(68)61-41(28(2)64)49(72)62-42/h5-9,12-15,17-20,25,27-28,34,36-42,55,63-65H,10-11,16,21-24,26,52-53H2,1-4H3,(H2,54,66)(H,56,70)(H,57,71)(H,58,69)(H,59,67)(H,60,73)(H,61,68)(H,62,72)/t27-,28-,34-,36+,37+,38-,39+,40+,41-,42+/m1/s1. The number of carbonyl (C=O) groups excluding carboxylic acids is 8. The molecule has 0 radical (unpaired) electrons. The molecular weight excluding hydrogens is 1010 g/mol. The Morgan fingerprint density at radius 3 is 2.01 bits per heavy atom. The number of amides is 8. The minimum Gasteiger partial charge on any atom is -0.508 e. The van der Waals surface area contributed by atoms with E-state index in [0.717, 1.165) is 38.1 Å². The van der Waals surface area contributed by atoms with Crippen LogP contribution < -0.4 is 54.4 Å². The third-order valence-electron chi connectivity index (χ3n) is 12.5. The molecule has 1 aliphatic heterocycles. The van der Waals surface area contributed by atoms with Gasteiger partial charge in [0, 0.05) is 40.4 Å². The number of unbranched alkanes of at least 4 members (excludes halogenated alkanes) is 1. The fraction of sp³-hybridized carbons (Fsp3) is 0.451. The van der Waals surface area contributed by atoms with Crippen LogP contribution in [0.15, 0.2) is 85.1 Å². The number of rotatable bonds is 17. The number of aromatic amines is 1. The number of benzene rings is 3. The number of hydrogen-bond acceptors (Lipinski definition) is 15. The number of primary amides is 1. The molecule has 3 aromatic carbocycles. The van der Waals surface area contributed by atoms with Gasteiger partial charge in [-0.05, 0) is 94.8 Å². The molecule has 1 fully saturated rings. The molecule has 1 aromatic heterocycles. The minimum atomic E-state index is -1.75. The number of aromatic hydroxyl groups is 1. The van der Waals surface area contributed by atoms with Gasteiger partial charge in [-0.3, -0.25) is 38.4 Å². The van der Waals surface area contributed by atoms with E-state index in [1.54, 1.807) is 54.7 Å². The van der Waals surface area contributed by atoms with Crippen LogP contribution in [0.5, 0.6) is 5.75 Å². The summed E-state index contributed by atoms with van der Waals surface area (Å²) < 4.78 is -1.42. The SMILES string of the molecule is C[C@@H](O)[C@H](NC(=O)[C@@H]1NC(=O)[C@@H]([C@@H](C)O)NC(=O)[C@H](CCCCN)NC(=O)[C@@H](Cc2c[nH]c3ccccc23)NC(=O)[C@H](Cc2ccc(O)cc2)NC(=O)[C@@H](NC(=O)[C@H](N)Cc2ccccc2)CSSC1(C)C)C(N)=O. The molecule has 0 aliphatic carbocycles. The molecule has 75 heavy (non-hydrogen) atoms. The summed E-state index contributed by atoms with van der Waals surface area (Å²) >= 11 is 0. The van der Waals surface area contributed by atoms with Gasteiger partial charge in [0.25, 0.3) is 0 Å². The average Bonchev–Trinajstić information content (AvgIpc) is 3.77. The number of H-pyrrole nitrogens is 1. The number of phenols is 1. The van der Waals surface area contributed by atoms with Crippen molar-refractivity contribution < 1.29 is 53.7 Å². The Hall–Kier alpha value is -6.70. The first-order valence-electron chi connectivity index (χ1n) is 24.5. The summed E-state index contributed by atoms with van der Waals surface area (Å²) in [4.78, 5) is 117. The number of carbonyl (C=O) groups is 8. The van der Waals surface area contributed by atoms with Gasteiger partial charge >= 0.3 is 0 Å². The van der Waals surface area contributed by atoms with E-state index in [4.69, 9.17) is 17.2 Å². The number of hydrogen-bond donors (Lipinski definition) is 14. The second-order valence-corrected chi connectivity index (χ2v) is 22.0. The lowest BCUT2D eigenvalue weighted by Crippen LogP contribution is -2.65. The van der Waals surface area contributed by atoms with Crippen molar-refractivity contribution in [2.24, 2.45) is 17.2 Å². The van der Waals surface area contributed by atoms with Gasteiger partial charge in [-0.2, -0.15) is 0 Å². The highest BCUT2D eigenvalue weighted by atomic mass is 33.1. The van der Waals surface area contributed by atoms with E-state index in [2.05, 4.69) is 42.2 Å². The van der Waals surface area contributed by atoms with Crippen LogP contribution in [0.1, 0.15) is 63.6 Å². The molecule has 1 aliphatic rings. The molecule has 406 valence electrons. The number of fused-ring (bicyclic) bond motifs is 1. The number of aliphatic hydroxyl groups is 2. The molecule has 22 nitrogen and oxygen atoms in total.